The minimum atomic E-state index is -0.00767. The molecule has 1 rings (SSSR count). The highest BCUT2D eigenvalue weighted by Gasteiger charge is 2.08. The fraction of sp³-hybridized carbons (Fsp3) is 0.125. The van der Waals surface area contributed by atoms with Gasteiger partial charge >= 0.3 is 0 Å². The quantitative estimate of drug-likeness (QED) is 0.485. The van der Waals surface area contributed by atoms with E-state index in [4.69, 9.17) is 5.73 Å². The Morgan fingerprint density at radius 2 is 2.17 bits per heavy atom. The van der Waals surface area contributed by atoms with Crippen molar-refractivity contribution < 1.29 is 4.79 Å². The Bertz CT molecular complexity index is 338. The van der Waals surface area contributed by atoms with E-state index in [1.165, 1.54) is 6.92 Å². The molecule has 0 spiro atoms. The maximum atomic E-state index is 11.1. The van der Waals surface area contributed by atoms with Crippen LogP contribution in [-0.4, -0.2) is 5.78 Å². The number of Topliss-reactive ketones (excluding diaryl/α,β-unsaturated/α-hetero) is 1. The number of hydrogen-bond donors (Lipinski definition) is 1. The predicted octanol–water partition coefficient (Wildman–Crippen LogP) is 2.84. The Morgan fingerprint density at radius 1 is 1.58 bits per heavy atom. The first-order chi connectivity index (χ1) is 5.52. The zero-order chi connectivity index (χ0) is 9.30. The van der Waals surface area contributed by atoms with Crippen LogP contribution in [0.25, 0.3) is 0 Å². The Morgan fingerprint density at radius 3 is 2.67 bits per heavy atom. The molecule has 64 valence electrons. The minimum Gasteiger partial charge on any atom is -0.397 e. The van der Waals surface area contributed by atoms with Crippen LogP contribution in [0.15, 0.2) is 16.6 Å². The summed E-state index contributed by atoms with van der Waals surface area (Å²) in [4.78, 5) is 11.1. The molecule has 0 aromatic heterocycles. The zero-order valence-electron chi connectivity index (χ0n) is 6.40. The van der Waals surface area contributed by atoms with Crippen molar-refractivity contribution in [3.05, 3.63) is 25.7 Å². The predicted molar refractivity (Wildman–Crippen MR) is 61.3 cm³/mol. The number of nitrogen functional groups attached to an aromatic ring is 1. The topological polar surface area (TPSA) is 43.1 Å². The van der Waals surface area contributed by atoms with Crippen LogP contribution in [0.3, 0.4) is 0 Å². The van der Waals surface area contributed by atoms with Crippen LogP contribution in [0.4, 0.5) is 5.69 Å². The van der Waals surface area contributed by atoms with Crippen molar-refractivity contribution in [1.29, 1.82) is 0 Å². The molecular weight excluding hydrogens is 333 g/mol. The minimum absolute atomic E-state index is 0.00767. The lowest BCUT2D eigenvalue weighted by Gasteiger charge is -2.04. The van der Waals surface area contributed by atoms with E-state index in [1.807, 2.05) is 6.07 Å². The molecule has 0 atom stereocenters. The van der Waals surface area contributed by atoms with Crippen molar-refractivity contribution in [2.75, 3.05) is 5.73 Å². The maximum Gasteiger partial charge on any atom is 0.161 e. The second-order valence-electron chi connectivity index (χ2n) is 2.41. The monoisotopic (exact) mass is 339 g/mol. The molecular formula is C8H7BrINO. The van der Waals surface area contributed by atoms with Gasteiger partial charge < -0.3 is 5.73 Å². The lowest BCUT2D eigenvalue weighted by Crippen LogP contribution is -2.00. The summed E-state index contributed by atoms with van der Waals surface area (Å²) in [6.45, 7) is 1.51. The van der Waals surface area contributed by atoms with Gasteiger partial charge in [-0.1, -0.05) is 0 Å². The van der Waals surface area contributed by atoms with E-state index < -0.39 is 0 Å². The lowest BCUT2D eigenvalue weighted by molar-refractivity contribution is 0.101. The van der Waals surface area contributed by atoms with Gasteiger partial charge in [-0.3, -0.25) is 4.79 Å². The highest BCUT2D eigenvalue weighted by atomic mass is 127. The molecule has 2 nitrogen and oxygen atoms in total. The second kappa shape index (κ2) is 3.74. The van der Waals surface area contributed by atoms with Crippen molar-refractivity contribution in [2.45, 2.75) is 6.92 Å². The average molecular weight is 340 g/mol. The lowest BCUT2D eigenvalue weighted by atomic mass is 10.1. The van der Waals surface area contributed by atoms with E-state index in [0.29, 0.717) is 11.3 Å². The van der Waals surface area contributed by atoms with Crippen LogP contribution in [-0.2, 0) is 0 Å². The molecule has 0 amide bonds. The normalized spacial score (nSPS) is 9.92. The molecule has 0 aliphatic rings. The smallest absolute Gasteiger partial charge is 0.161 e. The van der Waals surface area contributed by atoms with Gasteiger partial charge in [0.1, 0.15) is 0 Å². The molecule has 1 aromatic rings. The molecule has 0 saturated heterocycles. The van der Waals surface area contributed by atoms with Gasteiger partial charge in [0, 0.05) is 13.6 Å². The number of nitrogens with two attached hydrogens (primary N) is 1. The SMILES string of the molecule is CC(=O)c1cc(I)cc(Br)c1N. The van der Waals surface area contributed by atoms with E-state index >= 15 is 0 Å². The first-order valence-electron chi connectivity index (χ1n) is 3.28. The molecule has 0 unspecified atom stereocenters. The van der Waals surface area contributed by atoms with Gasteiger partial charge in [0.15, 0.2) is 5.78 Å². The van der Waals surface area contributed by atoms with Crippen molar-refractivity contribution in [2.24, 2.45) is 0 Å². The molecule has 0 saturated carbocycles. The summed E-state index contributed by atoms with van der Waals surface area (Å²) in [6, 6.07) is 3.66. The van der Waals surface area contributed by atoms with Gasteiger partial charge in [-0.15, -0.1) is 0 Å². The van der Waals surface area contributed by atoms with Crippen LogP contribution < -0.4 is 5.73 Å². The van der Waals surface area contributed by atoms with Crippen LogP contribution in [0.2, 0.25) is 0 Å². The van der Waals surface area contributed by atoms with Crippen LogP contribution >= 0.6 is 38.5 Å². The van der Waals surface area contributed by atoms with Crippen molar-refractivity contribution in [3.8, 4) is 0 Å². The number of ketones is 1. The molecule has 0 fully saturated rings. The van der Waals surface area contributed by atoms with Gasteiger partial charge in [0.2, 0.25) is 0 Å². The van der Waals surface area contributed by atoms with E-state index in [-0.39, 0.29) is 5.78 Å². The van der Waals surface area contributed by atoms with E-state index in [0.717, 1.165) is 8.04 Å². The summed E-state index contributed by atoms with van der Waals surface area (Å²) in [5.41, 5.74) is 6.78. The Balaban J connectivity index is 3.37. The van der Waals surface area contributed by atoms with Gasteiger partial charge in [-0.25, -0.2) is 0 Å². The number of benzene rings is 1. The first kappa shape index (κ1) is 9.98. The van der Waals surface area contributed by atoms with Crippen molar-refractivity contribution >= 4 is 50.0 Å². The molecule has 0 aliphatic heterocycles. The fourth-order valence-electron chi connectivity index (χ4n) is 0.876. The number of anilines is 1. The standard InChI is InChI=1S/C8H7BrINO/c1-4(12)6-2-5(10)3-7(9)8(6)11/h2-3H,11H2,1H3. The maximum absolute atomic E-state index is 11.1. The van der Waals surface area contributed by atoms with Gasteiger partial charge in [0.25, 0.3) is 0 Å². The molecule has 0 heterocycles. The van der Waals surface area contributed by atoms with Gasteiger partial charge in [-0.2, -0.15) is 0 Å². The van der Waals surface area contributed by atoms with E-state index in [1.54, 1.807) is 6.07 Å². The Hall–Kier alpha value is -0.100. The third-order valence-electron chi connectivity index (χ3n) is 1.47. The molecule has 0 radical (unpaired) electrons. The summed E-state index contributed by atoms with van der Waals surface area (Å²) in [7, 11) is 0. The number of carbonyl (C=O) groups excluding carboxylic acids is 1. The number of halogens is 2. The van der Waals surface area contributed by atoms with Crippen LogP contribution in [0.5, 0.6) is 0 Å². The highest BCUT2D eigenvalue weighted by Crippen LogP contribution is 2.26. The number of rotatable bonds is 1. The highest BCUT2D eigenvalue weighted by molar-refractivity contribution is 14.1. The fourth-order valence-corrected chi connectivity index (χ4v) is 2.39. The van der Waals surface area contributed by atoms with E-state index in [2.05, 4.69) is 38.5 Å². The van der Waals surface area contributed by atoms with Crippen molar-refractivity contribution in [3.63, 3.8) is 0 Å². The van der Waals surface area contributed by atoms with Gasteiger partial charge in [-0.05, 0) is 57.6 Å². The Kier molecular flexibility index (Phi) is 3.11. The summed E-state index contributed by atoms with van der Waals surface area (Å²) in [6.07, 6.45) is 0. The third kappa shape index (κ3) is 1.98. The molecule has 2 N–H and O–H groups in total. The second-order valence-corrected chi connectivity index (χ2v) is 4.51. The largest absolute Gasteiger partial charge is 0.397 e. The molecule has 0 bridgehead atoms. The summed E-state index contributed by atoms with van der Waals surface area (Å²) in [5.74, 6) is -0.00767. The summed E-state index contributed by atoms with van der Waals surface area (Å²) >= 11 is 5.43. The average Bonchev–Trinajstić information content (AvgIpc) is 1.96. The van der Waals surface area contributed by atoms with Crippen molar-refractivity contribution in [1.82, 2.24) is 0 Å². The Labute approximate surface area is 92.8 Å². The van der Waals surface area contributed by atoms with Gasteiger partial charge in [0.05, 0.1) is 5.69 Å². The molecule has 4 heteroatoms. The molecule has 1 aromatic carbocycles. The number of carbonyl (C=O) groups is 1. The third-order valence-corrected chi connectivity index (χ3v) is 2.75. The van der Waals surface area contributed by atoms with E-state index in [9.17, 15) is 4.79 Å². The first-order valence-corrected chi connectivity index (χ1v) is 5.15. The molecule has 12 heavy (non-hydrogen) atoms. The van der Waals surface area contributed by atoms with Crippen LogP contribution in [0.1, 0.15) is 17.3 Å². The summed E-state index contributed by atoms with van der Waals surface area (Å²) in [5, 5.41) is 0. The van der Waals surface area contributed by atoms with Crippen LogP contribution in [0, 0.1) is 3.57 Å². The summed E-state index contributed by atoms with van der Waals surface area (Å²) < 4.78 is 1.78. The number of hydrogen-bond acceptors (Lipinski definition) is 2. The molecule has 0 aliphatic carbocycles. The zero-order valence-corrected chi connectivity index (χ0v) is 10.1.